The van der Waals surface area contributed by atoms with Gasteiger partial charge in [-0.05, 0) is 0 Å². The van der Waals surface area contributed by atoms with Gasteiger partial charge in [0.2, 0.25) is 0 Å². The number of hydrogen-bond acceptors (Lipinski definition) is 6. The molecule has 0 bridgehead atoms. The second kappa shape index (κ2) is 10.6. The molecule has 0 N–H and O–H groups in total. The van der Waals surface area contributed by atoms with Gasteiger partial charge >= 0.3 is 11.0 Å². The molecule has 0 atom stereocenters. The van der Waals surface area contributed by atoms with Crippen molar-refractivity contribution in [1.29, 1.82) is 0 Å². The Kier molecular flexibility index (Phi) is 13.4. The van der Waals surface area contributed by atoms with Crippen molar-refractivity contribution in [1.82, 2.24) is 0 Å². The Bertz CT molecular complexity index is 519. The molecule has 0 spiro atoms. The van der Waals surface area contributed by atoms with Crippen molar-refractivity contribution in [3.05, 3.63) is 0 Å². The standard InChI is InChI=1S/2C4H12N.2CHF3O3S/c2*1-5(2,3)4;2*2-1(3,4)8(5,6)7/h2*1-4H3;2*(H,5,6,7)/q2*+1;;/p-2. The Morgan fingerprint density at radius 3 is 0.577 bits per heavy atom. The number of quaternary nitrogens is 2. The first-order valence-electron chi connectivity index (χ1n) is 6.12. The number of hydrogen-bond donors (Lipinski definition) is 0. The molecule has 0 heterocycles. The molecular formula is C10H24F6N2O6S2. The van der Waals surface area contributed by atoms with Gasteiger partial charge in [-0.3, -0.25) is 0 Å². The Labute approximate surface area is 149 Å². The van der Waals surface area contributed by atoms with Crippen LogP contribution in [0, 0.1) is 0 Å². The van der Waals surface area contributed by atoms with E-state index in [9.17, 15) is 26.3 Å². The monoisotopic (exact) mass is 446 g/mol. The summed E-state index contributed by atoms with van der Waals surface area (Å²) in [5.41, 5.74) is -11.3. The molecule has 0 aromatic rings. The lowest BCUT2D eigenvalue weighted by Gasteiger charge is -2.14. The lowest BCUT2D eigenvalue weighted by molar-refractivity contribution is -0.849. The highest BCUT2D eigenvalue weighted by Gasteiger charge is 2.37. The Hall–Kier alpha value is -0.680. The van der Waals surface area contributed by atoms with E-state index in [0.29, 0.717) is 0 Å². The maximum Gasteiger partial charge on any atom is 0.485 e. The van der Waals surface area contributed by atoms with Gasteiger partial charge in [-0.25, -0.2) is 16.8 Å². The average molecular weight is 446 g/mol. The summed E-state index contributed by atoms with van der Waals surface area (Å²) in [5.74, 6) is 0. The summed E-state index contributed by atoms with van der Waals surface area (Å²) in [6.45, 7) is 0. The van der Waals surface area contributed by atoms with Crippen LogP contribution in [0.4, 0.5) is 26.3 Å². The number of halogens is 6. The molecule has 164 valence electrons. The second-order valence-corrected chi connectivity index (χ2v) is 9.91. The van der Waals surface area contributed by atoms with Gasteiger partial charge in [0.1, 0.15) is 0 Å². The van der Waals surface area contributed by atoms with Gasteiger partial charge in [0.05, 0.1) is 56.4 Å². The van der Waals surface area contributed by atoms with Crippen LogP contribution in [0.1, 0.15) is 0 Å². The summed E-state index contributed by atoms with van der Waals surface area (Å²) in [6, 6.07) is 0. The molecule has 0 saturated heterocycles. The maximum absolute atomic E-state index is 10.7. The molecule has 0 rings (SSSR count). The van der Waals surface area contributed by atoms with Crippen LogP contribution in [-0.4, -0.2) is 102 Å². The molecule has 26 heavy (non-hydrogen) atoms. The van der Waals surface area contributed by atoms with Gasteiger partial charge in [0.15, 0.2) is 20.2 Å². The molecule has 0 radical (unpaired) electrons. The van der Waals surface area contributed by atoms with Crippen LogP contribution in [0.25, 0.3) is 0 Å². The fraction of sp³-hybridized carbons (Fsp3) is 1.00. The van der Waals surface area contributed by atoms with Gasteiger partial charge in [0, 0.05) is 0 Å². The molecule has 0 amide bonds. The molecule has 16 heteroatoms. The van der Waals surface area contributed by atoms with Crippen molar-refractivity contribution in [2.24, 2.45) is 0 Å². The summed E-state index contributed by atoms with van der Waals surface area (Å²) in [5, 5.41) is 0. The van der Waals surface area contributed by atoms with Gasteiger partial charge in [-0.2, -0.15) is 26.3 Å². The van der Waals surface area contributed by atoms with Crippen LogP contribution in [0.15, 0.2) is 0 Å². The minimum atomic E-state index is -6.09. The predicted molar refractivity (Wildman–Crippen MR) is 79.4 cm³/mol. The highest BCUT2D eigenvalue weighted by molar-refractivity contribution is 7.86. The fourth-order valence-corrected chi connectivity index (χ4v) is 0. The molecule has 0 unspecified atom stereocenters. The second-order valence-electron chi connectivity index (χ2n) is 7.17. The molecule has 0 aliphatic carbocycles. The molecule has 0 aliphatic heterocycles. The van der Waals surface area contributed by atoms with E-state index >= 15 is 0 Å². The van der Waals surface area contributed by atoms with Crippen LogP contribution in [-0.2, 0) is 20.2 Å². The fourth-order valence-electron chi connectivity index (χ4n) is 0. The van der Waals surface area contributed by atoms with Crippen molar-refractivity contribution in [2.75, 3.05) is 56.4 Å². The molecule has 0 aromatic heterocycles. The maximum atomic E-state index is 10.7. The van der Waals surface area contributed by atoms with Crippen LogP contribution in [0.2, 0.25) is 0 Å². The van der Waals surface area contributed by atoms with Crippen molar-refractivity contribution in [2.45, 2.75) is 11.0 Å². The third-order valence-corrected chi connectivity index (χ3v) is 1.70. The Morgan fingerprint density at radius 1 is 0.538 bits per heavy atom. The molecule has 0 aromatic carbocycles. The van der Waals surface area contributed by atoms with Gasteiger partial charge in [0.25, 0.3) is 0 Å². The summed E-state index contributed by atoms with van der Waals surface area (Å²) in [6.07, 6.45) is 0. The van der Waals surface area contributed by atoms with E-state index < -0.39 is 31.3 Å². The van der Waals surface area contributed by atoms with E-state index in [2.05, 4.69) is 56.4 Å². The Morgan fingerprint density at radius 2 is 0.577 bits per heavy atom. The van der Waals surface area contributed by atoms with Crippen molar-refractivity contribution in [3.8, 4) is 0 Å². The molecule has 0 aliphatic rings. The van der Waals surface area contributed by atoms with Crippen LogP contribution >= 0.6 is 0 Å². The van der Waals surface area contributed by atoms with Gasteiger partial charge in [-0.15, -0.1) is 0 Å². The third kappa shape index (κ3) is 38.7. The zero-order chi connectivity index (χ0) is 23.0. The first-order chi connectivity index (χ1) is 10.5. The minimum absolute atomic E-state index is 1.00. The normalized spacial score (nSPS) is 13.2. The molecular weight excluding hydrogens is 422 g/mol. The highest BCUT2D eigenvalue weighted by atomic mass is 32.2. The first kappa shape index (κ1) is 32.9. The summed E-state index contributed by atoms with van der Waals surface area (Å²) in [7, 11) is 4.82. The SMILES string of the molecule is C[N+](C)(C)C.C[N+](C)(C)C.O=S(=O)([O-])C(F)(F)F.O=S(=O)([O-])C(F)(F)F. The van der Waals surface area contributed by atoms with Crippen LogP contribution < -0.4 is 0 Å². The highest BCUT2D eigenvalue weighted by Crippen LogP contribution is 2.21. The zero-order valence-corrected chi connectivity index (χ0v) is 17.1. The molecule has 0 fully saturated rings. The van der Waals surface area contributed by atoms with E-state index in [4.69, 9.17) is 25.9 Å². The van der Waals surface area contributed by atoms with Gasteiger partial charge in [-0.1, -0.05) is 0 Å². The van der Waals surface area contributed by atoms with Crippen molar-refractivity contribution < 1.29 is 61.2 Å². The van der Waals surface area contributed by atoms with E-state index in [0.717, 1.165) is 8.97 Å². The lowest BCUT2D eigenvalue weighted by Crippen LogP contribution is -2.27. The smallest absolute Gasteiger partial charge is 0.485 e. The molecule has 8 nitrogen and oxygen atoms in total. The quantitative estimate of drug-likeness (QED) is 0.235. The van der Waals surface area contributed by atoms with Crippen LogP contribution in [0.5, 0.6) is 0 Å². The van der Waals surface area contributed by atoms with E-state index in [-0.39, 0.29) is 0 Å². The number of alkyl halides is 6. The number of nitrogens with zero attached hydrogens (tertiary/aromatic N) is 2. The van der Waals surface area contributed by atoms with Crippen molar-refractivity contribution in [3.63, 3.8) is 0 Å². The minimum Gasteiger partial charge on any atom is -0.741 e. The summed E-state index contributed by atoms with van der Waals surface area (Å²) < 4.78 is 120. The average Bonchev–Trinajstić information content (AvgIpc) is 2.04. The Balaban J connectivity index is -0.000000127. The summed E-state index contributed by atoms with van der Waals surface area (Å²) in [4.78, 5) is 0. The zero-order valence-electron chi connectivity index (χ0n) is 15.4. The first-order valence-corrected chi connectivity index (χ1v) is 8.94. The molecule has 0 saturated carbocycles. The van der Waals surface area contributed by atoms with E-state index in [1.165, 1.54) is 0 Å². The predicted octanol–water partition coefficient (Wildman–Crippen LogP) is 0.748. The topological polar surface area (TPSA) is 114 Å². The largest absolute Gasteiger partial charge is 0.741 e. The van der Waals surface area contributed by atoms with E-state index in [1.54, 1.807) is 0 Å². The van der Waals surface area contributed by atoms with Crippen LogP contribution in [0.3, 0.4) is 0 Å². The van der Waals surface area contributed by atoms with E-state index in [1.807, 2.05) is 0 Å². The number of rotatable bonds is 0. The van der Waals surface area contributed by atoms with Gasteiger partial charge < -0.3 is 18.1 Å². The van der Waals surface area contributed by atoms with Crippen molar-refractivity contribution >= 4 is 20.2 Å². The summed E-state index contributed by atoms with van der Waals surface area (Å²) >= 11 is 0. The lowest BCUT2D eigenvalue weighted by atomic mass is 10.8. The third-order valence-electron chi connectivity index (χ3n) is 0.567.